The Morgan fingerprint density at radius 2 is 2.20 bits per heavy atom. The maximum atomic E-state index is 8.53. The van der Waals surface area contributed by atoms with E-state index in [9.17, 15) is 0 Å². The number of hydrogen-bond acceptors (Lipinski definition) is 3. The molecule has 0 atom stereocenters. The van der Waals surface area contributed by atoms with Crippen molar-refractivity contribution in [2.75, 3.05) is 0 Å². The van der Waals surface area contributed by atoms with E-state index in [0.29, 0.717) is 4.34 Å². The average molecular weight is 176 g/mol. The Morgan fingerprint density at radius 1 is 1.50 bits per heavy atom. The lowest BCUT2D eigenvalue weighted by Gasteiger charge is -1.91. The van der Waals surface area contributed by atoms with Gasteiger partial charge in [-0.3, -0.25) is 0 Å². The molecule has 54 valence electrons. The van der Waals surface area contributed by atoms with E-state index < -0.39 is 7.12 Å². The van der Waals surface area contributed by atoms with Crippen LogP contribution in [0.5, 0.6) is 0 Å². The number of rotatable bonds is 2. The van der Waals surface area contributed by atoms with E-state index >= 15 is 0 Å². The highest BCUT2D eigenvalue weighted by Crippen LogP contribution is 2.21. The molecule has 1 rings (SSSR count). The molecule has 0 unspecified atom stereocenters. The lowest BCUT2D eigenvalue weighted by Crippen LogP contribution is -2.13. The van der Waals surface area contributed by atoms with Gasteiger partial charge in [0.1, 0.15) is 0 Å². The van der Waals surface area contributed by atoms with Crippen molar-refractivity contribution in [2.24, 2.45) is 0 Å². The third kappa shape index (κ3) is 2.30. The fraction of sp³-hybridized carbons (Fsp3) is 0.200. The van der Waals surface area contributed by atoms with Gasteiger partial charge in [-0.1, -0.05) is 11.6 Å². The Balaban J connectivity index is 2.58. The Kier molecular flexibility index (Phi) is 2.74. The molecule has 2 nitrogen and oxygen atoms in total. The minimum absolute atomic E-state index is 0.261. The van der Waals surface area contributed by atoms with Crippen molar-refractivity contribution in [3.63, 3.8) is 0 Å². The van der Waals surface area contributed by atoms with Crippen molar-refractivity contribution >= 4 is 30.1 Å². The largest absolute Gasteiger partial charge is 0.456 e. The van der Waals surface area contributed by atoms with Gasteiger partial charge in [0.15, 0.2) is 0 Å². The molecule has 0 aromatic carbocycles. The van der Waals surface area contributed by atoms with Crippen LogP contribution < -0.4 is 0 Å². The monoisotopic (exact) mass is 176 g/mol. The molecule has 0 aliphatic carbocycles. The zero-order chi connectivity index (χ0) is 7.56. The molecular formula is C5H6BClO2S. The molecule has 0 spiro atoms. The molecule has 10 heavy (non-hydrogen) atoms. The number of hydrogen-bond donors (Lipinski definition) is 2. The van der Waals surface area contributed by atoms with Crippen molar-refractivity contribution in [1.29, 1.82) is 0 Å². The molecule has 1 aromatic rings. The third-order valence-electron chi connectivity index (χ3n) is 1.01. The Hall–Kier alpha value is -0.0251. The zero-order valence-electron chi connectivity index (χ0n) is 5.12. The predicted octanol–water partition coefficient (Wildman–Crippen LogP) is 0.956. The van der Waals surface area contributed by atoms with Gasteiger partial charge in [0.05, 0.1) is 4.34 Å². The summed E-state index contributed by atoms with van der Waals surface area (Å²) in [5.41, 5.74) is 0. The van der Waals surface area contributed by atoms with Gasteiger partial charge < -0.3 is 10.0 Å². The molecule has 0 saturated heterocycles. The van der Waals surface area contributed by atoms with Crippen LogP contribution in [-0.4, -0.2) is 17.2 Å². The van der Waals surface area contributed by atoms with Crippen molar-refractivity contribution in [1.82, 2.24) is 0 Å². The van der Waals surface area contributed by atoms with E-state index in [-0.39, 0.29) is 6.32 Å². The summed E-state index contributed by atoms with van der Waals surface area (Å²) in [6.45, 7) is 0. The molecule has 0 radical (unpaired) electrons. The van der Waals surface area contributed by atoms with E-state index in [1.165, 1.54) is 11.3 Å². The number of thiophene rings is 1. The quantitative estimate of drug-likeness (QED) is 0.659. The molecular weight excluding hydrogens is 170 g/mol. The third-order valence-corrected chi connectivity index (χ3v) is 2.27. The van der Waals surface area contributed by atoms with Gasteiger partial charge >= 0.3 is 7.12 Å². The summed E-state index contributed by atoms with van der Waals surface area (Å²) in [6.07, 6.45) is 0.261. The van der Waals surface area contributed by atoms with Gasteiger partial charge in [0.2, 0.25) is 0 Å². The van der Waals surface area contributed by atoms with E-state index in [1.807, 2.05) is 0 Å². The molecule has 1 aromatic heterocycles. The summed E-state index contributed by atoms with van der Waals surface area (Å²) < 4.78 is 0.677. The summed E-state index contributed by atoms with van der Waals surface area (Å²) in [6, 6.07) is 3.52. The van der Waals surface area contributed by atoms with Crippen LogP contribution in [0.4, 0.5) is 0 Å². The summed E-state index contributed by atoms with van der Waals surface area (Å²) in [7, 11) is -1.27. The zero-order valence-corrected chi connectivity index (χ0v) is 6.69. The second-order valence-electron chi connectivity index (χ2n) is 1.89. The molecule has 0 aliphatic heterocycles. The summed E-state index contributed by atoms with van der Waals surface area (Å²) in [5.74, 6) is 0. The van der Waals surface area contributed by atoms with Crippen molar-refractivity contribution in [2.45, 2.75) is 6.32 Å². The van der Waals surface area contributed by atoms with E-state index in [4.69, 9.17) is 21.6 Å². The minimum Gasteiger partial charge on any atom is -0.427 e. The van der Waals surface area contributed by atoms with Crippen molar-refractivity contribution < 1.29 is 10.0 Å². The molecule has 0 aliphatic rings. The minimum atomic E-state index is -1.27. The molecule has 0 bridgehead atoms. The van der Waals surface area contributed by atoms with Crippen LogP contribution in [0.3, 0.4) is 0 Å². The second kappa shape index (κ2) is 3.39. The molecule has 0 amide bonds. The van der Waals surface area contributed by atoms with Crippen LogP contribution in [-0.2, 0) is 6.32 Å². The van der Waals surface area contributed by atoms with Crippen LogP contribution in [0.15, 0.2) is 12.1 Å². The first-order valence-electron chi connectivity index (χ1n) is 2.79. The van der Waals surface area contributed by atoms with Gasteiger partial charge in [0.25, 0.3) is 0 Å². The standard InChI is InChI=1S/C5H6BClO2S/c7-5-2-1-4(10-5)3-6(8)9/h1-2,8-9H,3H2. The highest BCUT2D eigenvalue weighted by Gasteiger charge is 2.08. The van der Waals surface area contributed by atoms with Crippen LogP contribution in [0.1, 0.15) is 4.88 Å². The number of halogens is 1. The Labute approximate surface area is 68.2 Å². The highest BCUT2D eigenvalue weighted by atomic mass is 35.5. The molecule has 1 heterocycles. The average Bonchev–Trinajstić information content (AvgIpc) is 2.13. The van der Waals surface area contributed by atoms with Crippen LogP contribution >= 0.6 is 22.9 Å². The van der Waals surface area contributed by atoms with E-state index in [2.05, 4.69) is 0 Å². The maximum Gasteiger partial charge on any atom is 0.456 e. The van der Waals surface area contributed by atoms with Gasteiger partial charge in [-0.15, -0.1) is 11.3 Å². The molecule has 2 N–H and O–H groups in total. The SMILES string of the molecule is OB(O)Cc1ccc(Cl)s1. The summed E-state index contributed by atoms with van der Waals surface area (Å²) in [5, 5.41) is 17.1. The van der Waals surface area contributed by atoms with Crippen molar-refractivity contribution in [3.05, 3.63) is 21.3 Å². The van der Waals surface area contributed by atoms with Gasteiger partial charge in [0, 0.05) is 11.2 Å². The van der Waals surface area contributed by atoms with Crippen LogP contribution in [0.25, 0.3) is 0 Å². The Bertz CT molecular complexity index is 213. The van der Waals surface area contributed by atoms with Crippen LogP contribution in [0.2, 0.25) is 4.34 Å². The lowest BCUT2D eigenvalue weighted by molar-refractivity contribution is 0.406. The fourth-order valence-electron chi connectivity index (χ4n) is 0.641. The predicted molar refractivity (Wildman–Crippen MR) is 43.2 cm³/mol. The first-order valence-corrected chi connectivity index (χ1v) is 3.98. The first kappa shape index (κ1) is 8.08. The van der Waals surface area contributed by atoms with Gasteiger partial charge in [-0.05, 0) is 12.1 Å². The Morgan fingerprint density at radius 3 is 2.60 bits per heavy atom. The summed E-state index contributed by atoms with van der Waals surface area (Å²) in [4.78, 5) is 0.889. The van der Waals surface area contributed by atoms with Gasteiger partial charge in [-0.2, -0.15) is 0 Å². The second-order valence-corrected chi connectivity index (χ2v) is 3.69. The molecule has 5 heteroatoms. The van der Waals surface area contributed by atoms with Gasteiger partial charge in [-0.25, -0.2) is 0 Å². The molecule has 0 saturated carbocycles. The smallest absolute Gasteiger partial charge is 0.427 e. The van der Waals surface area contributed by atoms with E-state index in [0.717, 1.165) is 4.88 Å². The normalized spacial score (nSPS) is 9.90. The topological polar surface area (TPSA) is 40.5 Å². The maximum absolute atomic E-state index is 8.53. The van der Waals surface area contributed by atoms with Crippen LogP contribution in [0, 0.1) is 0 Å². The first-order chi connectivity index (χ1) is 4.68. The lowest BCUT2D eigenvalue weighted by atomic mass is 9.86. The fourth-order valence-corrected chi connectivity index (χ4v) is 1.76. The molecule has 0 fully saturated rings. The van der Waals surface area contributed by atoms with E-state index in [1.54, 1.807) is 12.1 Å². The summed E-state index contributed by atoms with van der Waals surface area (Å²) >= 11 is 6.96. The van der Waals surface area contributed by atoms with Crippen molar-refractivity contribution in [3.8, 4) is 0 Å². The highest BCUT2D eigenvalue weighted by molar-refractivity contribution is 7.16.